The Bertz CT molecular complexity index is 340. The zero-order valence-corrected chi connectivity index (χ0v) is 10.1. The minimum absolute atomic E-state index is 0.130. The van der Waals surface area contributed by atoms with Crippen molar-refractivity contribution in [1.82, 2.24) is 4.90 Å². The van der Waals surface area contributed by atoms with E-state index in [4.69, 9.17) is 0 Å². The van der Waals surface area contributed by atoms with Gasteiger partial charge in [0.15, 0.2) is 0 Å². The van der Waals surface area contributed by atoms with Crippen LogP contribution in [0.25, 0.3) is 0 Å². The molecule has 0 amide bonds. The largest absolute Gasteiger partial charge is 0.294 e. The van der Waals surface area contributed by atoms with Crippen LogP contribution in [0, 0.1) is 5.82 Å². The van der Waals surface area contributed by atoms with Gasteiger partial charge in [0, 0.05) is 18.6 Å². The van der Waals surface area contributed by atoms with Gasteiger partial charge in [0.1, 0.15) is 5.82 Å². The highest BCUT2D eigenvalue weighted by molar-refractivity contribution is 5.16. The highest BCUT2D eigenvalue weighted by atomic mass is 19.1. The van der Waals surface area contributed by atoms with Crippen LogP contribution in [0.1, 0.15) is 38.7 Å². The van der Waals surface area contributed by atoms with Crippen LogP contribution in [-0.2, 0) is 6.54 Å². The molecular formula is C14H20FN. The monoisotopic (exact) mass is 221 g/mol. The Labute approximate surface area is 97.3 Å². The molecule has 0 bridgehead atoms. The van der Waals surface area contributed by atoms with Gasteiger partial charge in [-0.25, -0.2) is 4.39 Å². The van der Waals surface area contributed by atoms with Crippen LogP contribution < -0.4 is 0 Å². The maximum atomic E-state index is 13.1. The molecule has 0 N–H and O–H groups in total. The minimum atomic E-state index is -0.130. The van der Waals surface area contributed by atoms with Gasteiger partial charge in [0.25, 0.3) is 0 Å². The molecule has 1 aromatic rings. The van der Waals surface area contributed by atoms with Gasteiger partial charge in [0.2, 0.25) is 0 Å². The molecule has 0 saturated carbocycles. The van der Waals surface area contributed by atoms with E-state index in [9.17, 15) is 4.39 Å². The molecule has 1 aliphatic rings. The standard InChI is InChI=1S/C14H20FN/c1-11-5-3-6-12(2)16(11)10-13-7-4-8-14(15)9-13/h4,7-9,11-12H,3,5-6,10H2,1-2H3. The second-order valence-electron chi connectivity index (χ2n) is 4.93. The van der Waals surface area contributed by atoms with E-state index in [0.29, 0.717) is 12.1 Å². The number of piperidine rings is 1. The number of benzene rings is 1. The summed E-state index contributed by atoms with van der Waals surface area (Å²) < 4.78 is 13.1. The molecule has 1 aromatic carbocycles. The van der Waals surface area contributed by atoms with Gasteiger partial charge in [-0.15, -0.1) is 0 Å². The van der Waals surface area contributed by atoms with Crippen molar-refractivity contribution < 1.29 is 4.39 Å². The number of rotatable bonds is 2. The Balaban J connectivity index is 2.07. The van der Waals surface area contributed by atoms with Gasteiger partial charge in [-0.2, -0.15) is 0 Å². The van der Waals surface area contributed by atoms with E-state index in [2.05, 4.69) is 18.7 Å². The summed E-state index contributed by atoms with van der Waals surface area (Å²) in [5.41, 5.74) is 1.08. The van der Waals surface area contributed by atoms with Crippen molar-refractivity contribution in [3.8, 4) is 0 Å². The lowest BCUT2D eigenvalue weighted by atomic mass is 9.97. The Hall–Kier alpha value is -0.890. The molecule has 1 saturated heterocycles. The van der Waals surface area contributed by atoms with Crippen LogP contribution >= 0.6 is 0 Å². The van der Waals surface area contributed by atoms with Gasteiger partial charge >= 0.3 is 0 Å². The predicted molar refractivity (Wildman–Crippen MR) is 64.7 cm³/mol. The first-order valence-electron chi connectivity index (χ1n) is 6.17. The van der Waals surface area contributed by atoms with Gasteiger partial charge in [-0.3, -0.25) is 4.90 Å². The summed E-state index contributed by atoms with van der Waals surface area (Å²) in [6.45, 7) is 5.42. The molecule has 2 heteroatoms. The summed E-state index contributed by atoms with van der Waals surface area (Å²) in [5, 5.41) is 0. The molecule has 0 radical (unpaired) electrons. The maximum Gasteiger partial charge on any atom is 0.123 e. The number of nitrogens with zero attached hydrogens (tertiary/aromatic N) is 1. The molecule has 1 fully saturated rings. The summed E-state index contributed by atoms with van der Waals surface area (Å²) in [7, 11) is 0. The average Bonchev–Trinajstić information content (AvgIpc) is 2.24. The van der Waals surface area contributed by atoms with Gasteiger partial charge in [-0.1, -0.05) is 18.6 Å². The van der Waals surface area contributed by atoms with E-state index in [1.807, 2.05) is 6.07 Å². The van der Waals surface area contributed by atoms with Crippen LogP contribution in [0.15, 0.2) is 24.3 Å². The molecule has 1 heterocycles. The van der Waals surface area contributed by atoms with Crippen molar-refractivity contribution in [3.05, 3.63) is 35.6 Å². The Morgan fingerprint density at radius 3 is 2.56 bits per heavy atom. The Morgan fingerprint density at radius 1 is 1.25 bits per heavy atom. The molecular weight excluding hydrogens is 201 g/mol. The molecule has 0 aliphatic carbocycles. The van der Waals surface area contributed by atoms with Crippen LogP contribution in [0.3, 0.4) is 0 Å². The van der Waals surface area contributed by atoms with E-state index in [-0.39, 0.29) is 5.82 Å². The predicted octanol–water partition coefficient (Wildman–Crippen LogP) is 3.59. The third kappa shape index (κ3) is 2.62. The first-order chi connectivity index (χ1) is 7.66. The zero-order chi connectivity index (χ0) is 11.5. The molecule has 1 nitrogen and oxygen atoms in total. The topological polar surface area (TPSA) is 3.24 Å². The van der Waals surface area contributed by atoms with Gasteiger partial charge in [0.05, 0.1) is 0 Å². The summed E-state index contributed by atoms with van der Waals surface area (Å²) in [6.07, 6.45) is 3.85. The van der Waals surface area contributed by atoms with Crippen LogP contribution in [0.2, 0.25) is 0 Å². The zero-order valence-electron chi connectivity index (χ0n) is 10.1. The summed E-state index contributed by atoms with van der Waals surface area (Å²) in [4.78, 5) is 2.48. The molecule has 2 unspecified atom stereocenters. The summed E-state index contributed by atoms with van der Waals surface area (Å²) in [6, 6.07) is 8.20. The lowest BCUT2D eigenvalue weighted by molar-refractivity contribution is 0.0952. The van der Waals surface area contributed by atoms with Crippen molar-refractivity contribution in [1.29, 1.82) is 0 Å². The van der Waals surface area contributed by atoms with Crippen molar-refractivity contribution in [2.45, 2.75) is 51.7 Å². The lowest BCUT2D eigenvalue weighted by Crippen LogP contribution is -2.42. The molecule has 88 valence electrons. The number of halogens is 1. The average molecular weight is 221 g/mol. The fourth-order valence-electron chi connectivity index (χ4n) is 2.63. The lowest BCUT2D eigenvalue weighted by Gasteiger charge is -2.39. The first-order valence-corrected chi connectivity index (χ1v) is 6.17. The molecule has 16 heavy (non-hydrogen) atoms. The van der Waals surface area contributed by atoms with Crippen LogP contribution in [0.4, 0.5) is 4.39 Å². The minimum Gasteiger partial charge on any atom is -0.294 e. The van der Waals surface area contributed by atoms with Crippen LogP contribution in [-0.4, -0.2) is 17.0 Å². The highest BCUT2D eigenvalue weighted by Crippen LogP contribution is 2.24. The van der Waals surface area contributed by atoms with E-state index >= 15 is 0 Å². The fraction of sp³-hybridized carbons (Fsp3) is 0.571. The first kappa shape index (κ1) is 11.6. The van der Waals surface area contributed by atoms with E-state index in [0.717, 1.165) is 12.1 Å². The normalized spacial score (nSPS) is 26.9. The maximum absolute atomic E-state index is 13.1. The quantitative estimate of drug-likeness (QED) is 0.737. The molecule has 0 aromatic heterocycles. The van der Waals surface area contributed by atoms with Crippen molar-refractivity contribution in [2.24, 2.45) is 0 Å². The third-order valence-electron chi connectivity index (χ3n) is 3.63. The third-order valence-corrected chi connectivity index (χ3v) is 3.63. The molecule has 2 atom stereocenters. The number of hydrogen-bond donors (Lipinski definition) is 0. The van der Waals surface area contributed by atoms with Crippen molar-refractivity contribution in [3.63, 3.8) is 0 Å². The number of hydrogen-bond acceptors (Lipinski definition) is 1. The summed E-state index contributed by atoms with van der Waals surface area (Å²) in [5.74, 6) is -0.130. The Morgan fingerprint density at radius 2 is 1.94 bits per heavy atom. The molecule has 0 spiro atoms. The summed E-state index contributed by atoms with van der Waals surface area (Å²) >= 11 is 0. The SMILES string of the molecule is CC1CCCC(C)N1Cc1cccc(F)c1. The highest BCUT2D eigenvalue weighted by Gasteiger charge is 2.24. The van der Waals surface area contributed by atoms with Crippen molar-refractivity contribution in [2.75, 3.05) is 0 Å². The van der Waals surface area contributed by atoms with Crippen molar-refractivity contribution >= 4 is 0 Å². The smallest absolute Gasteiger partial charge is 0.123 e. The van der Waals surface area contributed by atoms with Gasteiger partial charge in [-0.05, 0) is 44.4 Å². The molecule has 2 rings (SSSR count). The van der Waals surface area contributed by atoms with Crippen LogP contribution in [0.5, 0.6) is 0 Å². The van der Waals surface area contributed by atoms with E-state index < -0.39 is 0 Å². The van der Waals surface area contributed by atoms with Gasteiger partial charge < -0.3 is 0 Å². The molecule has 1 aliphatic heterocycles. The Kier molecular flexibility index (Phi) is 3.59. The second-order valence-corrected chi connectivity index (χ2v) is 4.93. The van der Waals surface area contributed by atoms with E-state index in [1.165, 1.54) is 25.3 Å². The number of likely N-dealkylation sites (tertiary alicyclic amines) is 1. The fourth-order valence-corrected chi connectivity index (χ4v) is 2.63. The second kappa shape index (κ2) is 4.96. The van der Waals surface area contributed by atoms with E-state index in [1.54, 1.807) is 12.1 Å².